The molecule has 0 heterocycles. The number of carbonyl (C=O) groups excluding carboxylic acids is 1. The number of hydrogen-bond donors (Lipinski definition) is 0. The normalized spacial score (nSPS) is 9.57. The van der Waals surface area contributed by atoms with Gasteiger partial charge in [-0.2, -0.15) is 0 Å². The number of hydrogen-bond acceptors (Lipinski definition) is 2. The standard InChI is InChI=1S/C3H3ClO2.Na/c4-3(1-5)2-6;/h1-2,5H;/q;+1/p-1/b3-1-;. The van der Waals surface area contributed by atoms with Gasteiger partial charge in [0.1, 0.15) is 0 Å². The minimum Gasteiger partial charge on any atom is -0.877 e. The van der Waals surface area contributed by atoms with Crippen LogP contribution in [0.5, 0.6) is 0 Å². The summed E-state index contributed by atoms with van der Waals surface area (Å²) in [5.41, 5.74) is 0. The molecule has 0 aliphatic heterocycles. The summed E-state index contributed by atoms with van der Waals surface area (Å²) in [7, 11) is 0. The van der Waals surface area contributed by atoms with E-state index in [1.54, 1.807) is 0 Å². The smallest absolute Gasteiger partial charge is 0.877 e. The van der Waals surface area contributed by atoms with E-state index < -0.39 is 0 Å². The van der Waals surface area contributed by atoms with Gasteiger partial charge in [0.2, 0.25) is 0 Å². The first-order valence-electron chi connectivity index (χ1n) is 1.24. The first kappa shape index (κ1) is 10.5. The van der Waals surface area contributed by atoms with Crippen molar-refractivity contribution in [3.05, 3.63) is 11.3 Å². The Morgan fingerprint density at radius 2 is 2.14 bits per heavy atom. The third-order valence-electron chi connectivity index (χ3n) is 0.225. The molecule has 2 nitrogen and oxygen atoms in total. The Labute approximate surface area is 68.5 Å². The molecule has 4 heteroatoms. The van der Waals surface area contributed by atoms with Crippen molar-refractivity contribution in [2.24, 2.45) is 0 Å². The Hall–Kier alpha value is 0.500. The summed E-state index contributed by atoms with van der Waals surface area (Å²) in [6, 6.07) is 0. The second kappa shape index (κ2) is 6.50. The van der Waals surface area contributed by atoms with Crippen LogP contribution in [-0.2, 0) is 4.79 Å². The molecule has 0 amide bonds. The van der Waals surface area contributed by atoms with Crippen LogP contribution in [0.25, 0.3) is 0 Å². The van der Waals surface area contributed by atoms with E-state index in [-0.39, 0.29) is 47.1 Å². The molecule has 0 aliphatic rings. The van der Waals surface area contributed by atoms with Gasteiger partial charge < -0.3 is 5.11 Å². The van der Waals surface area contributed by atoms with Gasteiger partial charge in [-0.05, 0) is 0 Å². The predicted octanol–water partition coefficient (Wildman–Crippen LogP) is -3.37. The van der Waals surface area contributed by atoms with Crippen LogP contribution in [0.3, 0.4) is 0 Å². The summed E-state index contributed by atoms with van der Waals surface area (Å²) >= 11 is 4.83. The van der Waals surface area contributed by atoms with Crippen molar-refractivity contribution < 1.29 is 39.5 Å². The average molecular weight is 128 g/mol. The van der Waals surface area contributed by atoms with Gasteiger partial charge in [-0.25, -0.2) is 0 Å². The van der Waals surface area contributed by atoms with E-state index in [9.17, 15) is 9.90 Å². The SMILES string of the molecule is O=C/C(Cl)=C/[O-].[Na+]. The molecule has 7 heavy (non-hydrogen) atoms. The van der Waals surface area contributed by atoms with E-state index >= 15 is 0 Å². The zero-order valence-electron chi connectivity index (χ0n) is 3.85. The van der Waals surface area contributed by atoms with E-state index in [0.29, 0.717) is 0 Å². The molecule has 0 radical (unpaired) electrons. The molecule has 0 spiro atoms. The zero-order chi connectivity index (χ0) is 4.99. The molecule has 0 atom stereocenters. The molecule has 0 saturated carbocycles. The summed E-state index contributed by atoms with van der Waals surface area (Å²) in [6.45, 7) is 0. The van der Waals surface area contributed by atoms with Crippen molar-refractivity contribution in [1.29, 1.82) is 0 Å². The van der Waals surface area contributed by atoms with Crippen LogP contribution in [0.4, 0.5) is 0 Å². The van der Waals surface area contributed by atoms with E-state index in [2.05, 4.69) is 0 Å². The van der Waals surface area contributed by atoms with Crippen molar-refractivity contribution in [1.82, 2.24) is 0 Å². The quantitative estimate of drug-likeness (QED) is 0.160. The maximum Gasteiger partial charge on any atom is 1.00 e. The van der Waals surface area contributed by atoms with Crippen molar-refractivity contribution in [3.8, 4) is 0 Å². The summed E-state index contributed by atoms with van der Waals surface area (Å²) in [5, 5.41) is 9.04. The molecule has 0 aliphatic carbocycles. The molecule has 0 unspecified atom stereocenters. The Kier molecular flexibility index (Phi) is 9.73. The predicted molar refractivity (Wildman–Crippen MR) is 20.0 cm³/mol. The maximum absolute atomic E-state index is 9.34. The summed E-state index contributed by atoms with van der Waals surface area (Å²) in [5.74, 6) is 0. The van der Waals surface area contributed by atoms with Crippen LogP contribution in [0.2, 0.25) is 0 Å². The molecule has 0 aromatic carbocycles. The van der Waals surface area contributed by atoms with E-state index in [4.69, 9.17) is 11.6 Å². The topological polar surface area (TPSA) is 40.1 Å². The second-order valence-electron chi connectivity index (χ2n) is 0.621. The Bertz CT molecular complexity index is 81.0. The van der Waals surface area contributed by atoms with Gasteiger partial charge in [0.15, 0.2) is 6.29 Å². The molecule has 0 aromatic rings. The molecule has 0 N–H and O–H groups in total. The molecule has 0 rings (SSSR count). The zero-order valence-corrected chi connectivity index (χ0v) is 6.61. The van der Waals surface area contributed by atoms with Crippen LogP contribution in [-0.4, -0.2) is 6.29 Å². The third kappa shape index (κ3) is 6.50. The fourth-order valence-electron chi connectivity index (χ4n) is 0.0278. The van der Waals surface area contributed by atoms with Crippen LogP contribution in [0, 0.1) is 0 Å². The number of allylic oxidation sites excluding steroid dienone is 1. The van der Waals surface area contributed by atoms with Crippen LogP contribution in [0.1, 0.15) is 0 Å². The minimum absolute atomic E-state index is 0. The van der Waals surface area contributed by atoms with Gasteiger partial charge in [-0.1, -0.05) is 11.6 Å². The van der Waals surface area contributed by atoms with E-state index in [1.807, 2.05) is 0 Å². The molecule has 34 valence electrons. The van der Waals surface area contributed by atoms with Gasteiger partial charge >= 0.3 is 29.6 Å². The van der Waals surface area contributed by atoms with Crippen molar-refractivity contribution >= 4 is 17.9 Å². The van der Waals surface area contributed by atoms with Gasteiger partial charge in [0, 0.05) is 0 Å². The van der Waals surface area contributed by atoms with E-state index in [1.165, 1.54) is 0 Å². The summed E-state index contributed by atoms with van der Waals surface area (Å²) in [6.07, 6.45) is 0.573. The fraction of sp³-hybridized carbons (Fsp3) is 0. The number of aldehydes is 1. The van der Waals surface area contributed by atoms with Gasteiger partial charge in [-0.3, -0.25) is 4.79 Å². The summed E-state index contributed by atoms with van der Waals surface area (Å²) < 4.78 is 0. The minimum atomic E-state index is -0.296. The van der Waals surface area contributed by atoms with Crippen LogP contribution >= 0.6 is 11.6 Å². The van der Waals surface area contributed by atoms with Crippen molar-refractivity contribution in [2.45, 2.75) is 0 Å². The molecule has 0 fully saturated rings. The first-order valence-corrected chi connectivity index (χ1v) is 1.62. The second-order valence-corrected chi connectivity index (χ2v) is 1.06. The molecule has 0 bridgehead atoms. The number of rotatable bonds is 1. The van der Waals surface area contributed by atoms with Gasteiger partial charge in [0.25, 0.3) is 0 Å². The van der Waals surface area contributed by atoms with Crippen molar-refractivity contribution in [2.75, 3.05) is 0 Å². The molecular formula is C3H2ClNaO2. The van der Waals surface area contributed by atoms with Crippen LogP contribution in [0.15, 0.2) is 11.3 Å². The Morgan fingerprint density at radius 3 is 2.14 bits per heavy atom. The summed E-state index contributed by atoms with van der Waals surface area (Å²) in [4.78, 5) is 9.34. The number of carbonyl (C=O) groups is 1. The van der Waals surface area contributed by atoms with E-state index in [0.717, 1.165) is 0 Å². The van der Waals surface area contributed by atoms with Crippen LogP contribution < -0.4 is 34.7 Å². The first-order chi connectivity index (χ1) is 2.81. The largest absolute Gasteiger partial charge is 1.00 e. The maximum atomic E-state index is 9.34. The number of halogens is 1. The Morgan fingerprint density at radius 1 is 1.71 bits per heavy atom. The van der Waals surface area contributed by atoms with Gasteiger partial charge in [0.05, 0.1) is 5.03 Å². The monoisotopic (exact) mass is 128 g/mol. The Balaban J connectivity index is 0. The molecule has 0 aromatic heterocycles. The van der Waals surface area contributed by atoms with Gasteiger partial charge in [-0.15, -0.1) is 6.26 Å². The van der Waals surface area contributed by atoms with Crippen molar-refractivity contribution in [3.63, 3.8) is 0 Å². The molecular weight excluding hydrogens is 126 g/mol. The fourth-order valence-corrected chi connectivity index (χ4v) is 0.0278. The third-order valence-corrected chi connectivity index (χ3v) is 0.403. The average Bonchev–Trinajstić information content (AvgIpc) is 1.65. The molecule has 0 saturated heterocycles.